The van der Waals surface area contributed by atoms with Crippen molar-refractivity contribution in [3.63, 3.8) is 0 Å². The largest absolute Gasteiger partial charge is 0.497 e. The first kappa shape index (κ1) is 15.3. The highest BCUT2D eigenvalue weighted by atomic mass is 19.1. The van der Waals surface area contributed by atoms with Gasteiger partial charge in [0.15, 0.2) is 0 Å². The highest BCUT2D eigenvalue weighted by Crippen LogP contribution is 2.23. The number of carbonyl (C=O) groups excluding carboxylic acids is 1. The highest BCUT2D eigenvalue weighted by Gasteiger charge is 2.24. The van der Waals surface area contributed by atoms with Gasteiger partial charge in [-0.15, -0.1) is 0 Å². The molecule has 0 saturated heterocycles. The summed E-state index contributed by atoms with van der Waals surface area (Å²) in [6, 6.07) is 13.2. The number of methoxy groups -OCH3 is 1. The second-order valence-electron chi connectivity index (χ2n) is 5.53. The average Bonchev–Trinajstić information content (AvgIpc) is 2.58. The number of hydrogen-bond acceptors (Lipinski definition) is 2. The van der Waals surface area contributed by atoms with Crippen molar-refractivity contribution in [1.29, 1.82) is 0 Å². The molecule has 1 aliphatic rings. The third-order valence-corrected chi connectivity index (χ3v) is 4.09. The van der Waals surface area contributed by atoms with E-state index in [4.69, 9.17) is 4.74 Å². The molecule has 3 nitrogen and oxygen atoms in total. The van der Waals surface area contributed by atoms with Crippen LogP contribution in [0.3, 0.4) is 0 Å². The van der Waals surface area contributed by atoms with Crippen LogP contribution in [0.5, 0.6) is 5.75 Å². The van der Waals surface area contributed by atoms with E-state index in [0.29, 0.717) is 25.0 Å². The molecule has 4 heteroatoms. The number of rotatable bonds is 4. The van der Waals surface area contributed by atoms with Crippen molar-refractivity contribution in [3.05, 3.63) is 71.0 Å². The molecule has 0 aliphatic carbocycles. The lowest BCUT2D eigenvalue weighted by Crippen LogP contribution is -2.37. The van der Waals surface area contributed by atoms with Crippen molar-refractivity contribution in [1.82, 2.24) is 4.90 Å². The number of fused-ring (bicyclic) bond motifs is 1. The molecule has 0 N–H and O–H groups in total. The monoisotopic (exact) mass is 311 g/mol. The predicted molar refractivity (Wildman–Crippen MR) is 88.0 cm³/mol. The molecule has 0 unspecified atom stereocenters. The maximum atomic E-state index is 12.6. The maximum Gasteiger partial charge on any atom is 0.254 e. The van der Waals surface area contributed by atoms with Crippen LogP contribution in [0.25, 0.3) is 6.08 Å². The third kappa shape index (κ3) is 3.26. The minimum Gasteiger partial charge on any atom is -0.497 e. The Labute approximate surface area is 135 Å². The molecule has 1 aliphatic heterocycles. The Morgan fingerprint density at radius 1 is 1.22 bits per heavy atom. The fraction of sp³-hybridized carbons (Fsp3) is 0.211. The summed E-state index contributed by atoms with van der Waals surface area (Å²) in [5, 5.41) is 0. The van der Waals surface area contributed by atoms with Gasteiger partial charge in [-0.3, -0.25) is 4.79 Å². The van der Waals surface area contributed by atoms with Crippen LogP contribution in [0.1, 0.15) is 27.0 Å². The zero-order valence-electron chi connectivity index (χ0n) is 13.0. The number of carbonyl (C=O) groups is 1. The molecular formula is C19H18FNO2. The van der Waals surface area contributed by atoms with E-state index in [1.54, 1.807) is 19.2 Å². The van der Waals surface area contributed by atoms with E-state index in [0.717, 1.165) is 28.9 Å². The summed E-state index contributed by atoms with van der Waals surface area (Å²) in [5.41, 5.74) is 3.54. The Bertz CT molecular complexity index is 738. The number of nitrogens with zero attached hydrogens (tertiary/aromatic N) is 1. The van der Waals surface area contributed by atoms with Crippen molar-refractivity contribution in [3.8, 4) is 5.75 Å². The van der Waals surface area contributed by atoms with Crippen LogP contribution in [0.2, 0.25) is 0 Å². The summed E-state index contributed by atoms with van der Waals surface area (Å²) in [6.45, 7) is 1.25. The highest BCUT2D eigenvalue weighted by molar-refractivity contribution is 5.97. The lowest BCUT2D eigenvalue weighted by atomic mass is 9.96. The number of ether oxygens (including phenoxy) is 1. The molecule has 0 spiro atoms. The minimum atomic E-state index is 0.0258. The van der Waals surface area contributed by atoms with Gasteiger partial charge in [-0.05, 0) is 47.4 Å². The van der Waals surface area contributed by atoms with Gasteiger partial charge < -0.3 is 9.64 Å². The topological polar surface area (TPSA) is 29.5 Å². The average molecular weight is 311 g/mol. The summed E-state index contributed by atoms with van der Waals surface area (Å²) >= 11 is 0. The standard InChI is InChI=1S/C19H18FNO2/c1-23-17-5-2-15(3-6-17)13-21-11-9-16-12-14(8-10-20)4-7-18(16)19(21)22/h2-8,10,12H,9,11,13H2,1H3. The minimum absolute atomic E-state index is 0.0258. The first-order valence-electron chi connectivity index (χ1n) is 7.53. The van der Waals surface area contributed by atoms with E-state index in [-0.39, 0.29) is 5.91 Å². The van der Waals surface area contributed by atoms with E-state index in [2.05, 4.69) is 0 Å². The number of benzene rings is 2. The number of halogens is 1. The molecule has 23 heavy (non-hydrogen) atoms. The second kappa shape index (κ2) is 6.65. The number of hydrogen-bond donors (Lipinski definition) is 0. The smallest absolute Gasteiger partial charge is 0.254 e. The summed E-state index contributed by atoms with van der Waals surface area (Å²) in [6.07, 6.45) is 2.70. The van der Waals surface area contributed by atoms with Gasteiger partial charge in [-0.1, -0.05) is 24.3 Å². The first-order chi connectivity index (χ1) is 11.2. The lowest BCUT2D eigenvalue weighted by Gasteiger charge is -2.29. The predicted octanol–water partition coefficient (Wildman–Crippen LogP) is 3.83. The quantitative estimate of drug-likeness (QED) is 0.859. The third-order valence-electron chi connectivity index (χ3n) is 4.09. The van der Waals surface area contributed by atoms with Gasteiger partial charge in [-0.25, -0.2) is 4.39 Å². The van der Waals surface area contributed by atoms with E-state index in [9.17, 15) is 9.18 Å². The van der Waals surface area contributed by atoms with Gasteiger partial charge in [0.25, 0.3) is 5.91 Å². The Morgan fingerprint density at radius 3 is 2.70 bits per heavy atom. The Hall–Kier alpha value is -2.62. The molecule has 1 heterocycles. The van der Waals surface area contributed by atoms with E-state index < -0.39 is 0 Å². The van der Waals surface area contributed by atoms with Gasteiger partial charge in [0.2, 0.25) is 0 Å². The molecule has 0 aromatic heterocycles. The summed E-state index contributed by atoms with van der Waals surface area (Å²) in [4.78, 5) is 14.5. The van der Waals surface area contributed by atoms with Crippen LogP contribution < -0.4 is 4.74 Å². The van der Waals surface area contributed by atoms with Gasteiger partial charge >= 0.3 is 0 Å². The molecule has 0 radical (unpaired) electrons. The lowest BCUT2D eigenvalue weighted by molar-refractivity contribution is 0.0727. The molecule has 118 valence electrons. The van der Waals surface area contributed by atoms with Crippen LogP contribution in [0.4, 0.5) is 4.39 Å². The maximum absolute atomic E-state index is 12.6. The molecule has 0 bridgehead atoms. The molecule has 2 aromatic rings. The summed E-state index contributed by atoms with van der Waals surface area (Å²) in [7, 11) is 1.63. The van der Waals surface area contributed by atoms with Crippen molar-refractivity contribution in [2.75, 3.05) is 13.7 Å². The fourth-order valence-electron chi connectivity index (χ4n) is 2.84. The fourth-order valence-corrected chi connectivity index (χ4v) is 2.84. The second-order valence-corrected chi connectivity index (χ2v) is 5.53. The van der Waals surface area contributed by atoms with Crippen LogP contribution in [-0.2, 0) is 13.0 Å². The van der Waals surface area contributed by atoms with E-state index in [1.807, 2.05) is 35.2 Å². The summed E-state index contributed by atoms with van der Waals surface area (Å²) in [5.74, 6) is 0.829. The molecule has 0 saturated carbocycles. The van der Waals surface area contributed by atoms with Crippen molar-refractivity contribution in [2.24, 2.45) is 0 Å². The van der Waals surface area contributed by atoms with Gasteiger partial charge in [-0.2, -0.15) is 0 Å². The van der Waals surface area contributed by atoms with E-state index in [1.165, 1.54) is 6.08 Å². The normalized spacial score (nSPS) is 14.2. The number of amides is 1. The van der Waals surface area contributed by atoms with Crippen molar-refractivity contribution >= 4 is 12.0 Å². The Morgan fingerprint density at radius 2 is 2.00 bits per heavy atom. The van der Waals surface area contributed by atoms with Crippen molar-refractivity contribution in [2.45, 2.75) is 13.0 Å². The zero-order valence-corrected chi connectivity index (χ0v) is 13.0. The molecule has 0 fully saturated rings. The van der Waals surface area contributed by atoms with Gasteiger partial charge in [0, 0.05) is 18.7 Å². The molecule has 2 aromatic carbocycles. The van der Waals surface area contributed by atoms with E-state index >= 15 is 0 Å². The molecular weight excluding hydrogens is 293 g/mol. The Balaban J connectivity index is 1.77. The molecule has 1 amide bonds. The SMILES string of the molecule is COc1ccc(CN2CCc3cc(C=CF)ccc3C2=O)cc1. The van der Waals surface area contributed by atoms with Gasteiger partial charge in [0.05, 0.1) is 13.4 Å². The van der Waals surface area contributed by atoms with Crippen LogP contribution in [0, 0.1) is 0 Å². The van der Waals surface area contributed by atoms with Crippen LogP contribution >= 0.6 is 0 Å². The Kier molecular flexibility index (Phi) is 4.42. The van der Waals surface area contributed by atoms with Crippen LogP contribution in [0.15, 0.2) is 48.8 Å². The van der Waals surface area contributed by atoms with Crippen molar-refractivity contribution < 1.29 is 13.9 Å². The van der Waals surface area contributed by atoms with Crippen LogP contribution in [-0.4, -0.2) is 24.5 Å². The summed E-state index contributed by atoms with van der Waals surface area (Å²) < 4.78 is 17.4. The van der Waals surface area contributed by atoms with Gasteiger partial charge in [0.1, 0.15) is 5.75 Å². The zero-order chi connectivity index (χ0) is 16.2. The molecule has 3 rings (SSSR count). The molecule has 0 atom stereocenters. The first-order valence-corrected chi connectivity index (χ1v) is 7.53.